The summed E-state index contributed by atoms with van der Waals surface area (Å²) in [5, 5.41) is 0.825. The van der Waals surface area contributed by atoms with Gasteiger partial charge < -0.3 is 4.98 Å². The summed E-state index contributed by atoms with van der Waals surface area (Å²) in [4.78, 5) is 7.31. The molecule has 0 atom stereocenters. The van der Waals surface area contributed by atoms with Crippen LogP contribution in [0.1, 0.15) is 23.9 Å². The van der Waals surface area contributed by atoms with Gasteiger partial charge in [0.05, 0.1) is 0 Å². The van der Waals surface area contributed by atoms with E-state index in [1.165, 1.54) is 11.1 Å². The van der Waals surface area contributed by atoms with Gasteiger partial charge in [0.25, 0.3) is 0 Å². The molecule has 0 unspecified atom stereocenters. The van der Waals surface area contributed by atoms with E-state index in [0.29, 0.717) is 0 Å². The summed E-state index contributed by atoms with van der Waals surface area (Å²) >= 11 is 6.18. The molecule has 0 amide bonds. The Morgan fingerprint density at radius 3 is 2.93 bits per heavy atom. The van der Waals surface area contributed by atoms with Crippen LogP contribution in [0.3, 0.4) is 0 Å². The molecule has 0 bridgehead atoms. The molecule has 0 saturated carbocycles. The van der Waals surface area contributed by atoms with Crippen LogP contribution in [0.25, 0.3) is 0 Å². The third-order valence-corrected chi connectivity index (χ3v) is 2.85. The third-order valence-electron chi connectivity index (χ3n) is 2.50. The minimum absolute atomic E-state index is 0.774. The molecule has 1 aromatic heterocycles. The van der Waals surface area contributed by atoms with Crippen LogP contribution in [0.5, 0.6) is 0 Å². The number of aromatic amines is 1. The van der Waals surface area contributed by atoms with E-state index < -0.39 is 0 Å². The summed E-state index contributed by atoms with van der Waals surface area (Å²) in [6.45, 7) is 2.14. The van der Waals surface area contributed by atoms with Crippen LogP contribution < -0.4 is 0 Å². The van der Waals surface area contributed by atoms with Gasteiger partial charge in [-0.05, 0) is 23.6 Å². The number of nitrogens with zero attached hydrogens (tertiary/aromatic N) is 1. The highest BCUT2D eigenvalue weighted by atomic mass is 35.5. The van der Waals surface area contributed by atoms with E-state index in [4.69, 9.17) is 11.6 Å². The summed E-state index contributed by atoms with van der Waals surface area (Å²) in [5.74, 6) is 0.956. The SMILES string of the molecule is CCc1cccc(Cl)c1Cc1ncc[nH]1. The van der Waals surface area contributed by atoms with E-state index in [1.54, 1.807) is 6.20 Å². The van der Waals surface area contributed by atoms with Crippen molar-refractivity contribution < 1.29 is 0 Å². The van der Waals surface area contributed by atoms with E-state index in [9.17, 15) is 0 Å². The lowest BCUT2D eigenvalue weighted by Gasteiger charge is -2.08. The second kappa shape index (κ2) is 4.49. The molecule has 0 aliphatic rings. The highest BCUT2D eigenvalue weighted by molar-refractivity contribution is 6.31. The molecule has 1 heterocycles. The zero-order chi connectivity index (χ0) is 10.7. The minimum atomic E-state index is 0.774. The van der Waals surface area contributed by atoms with Crippen LogP contribution in [0, 0.1) is 0 Å². The molecule has 3 heteroatoms. The molecule has 1 N–H and O–H groups in total. The van der Waals surface area contributed by atoms with E-state index in [1.807, 2.05) is 18.3 Å². The van der Waals surface area contributed by atoms with Gasteiger partial charge in [0.1, 0.15) is 5.82 Å². The lowest BCUT2D eigenvalue weighted by Crippen LogP contribution is -1.97. The minimum Gasteiger partial charge on any atom is -0.348 e. The first-order valence-electron chi connectivity index (χ1n) is 5.05. The predicted molar refractivity (Wildman–Crippen MR) is 62.2 cm³/mol. The quantitative estimate of drug-likeness (QED) is 0.846. The van der Waals surface area contributed by atoms with Gasteiger partial charge in [-0.25, -0.2) is 4.98 Å². The number of nitrogens with one attached hydrogen (secondary N) is 1. The molecule has 78 valence electrons. The molecular weight excluding hydrogens is 208 g/mol. The highest BCUT2D eigenvalue weighted by Crippen LogP contribution is 2.22. The molecule has 0 saturated heterocycles. The zero-order valence-corrected chi connectivity index (χ0v) is 9.38. The maximum atomic E-state index is 6.18. The van der Waals surface area contributed by atoms with Crippen molar-refractivity contribution in [2.24, 2.45) is 0 Å². The van der Waals surface area contributed by atoms with Gasteiger partial charge in [0.15, 0.2) is 0 Å². The van der Waals surface area contributed by atoms with Gasteiger partial charge in [-0.2, -0.15) is 0 Å². The molecule has 2 rings (SSSR count). The van der Waals surface area contributed by atoms with Gasteiger partial charge >= 0.3 is 0 Å². The smallest absolute Gasteiger partial charge is 0.110 e. The van der Waals surface area contributed by atoms with Crippen molar-refractivity contribution in [3.8, 4) is 0 Å². The number of imidazole rings is 1. The van der Waals surface area contributed by atoms with Gasteiger partial charge in [-0.3, -0.25) is 0 Å². The lowest BCUT2D eigenvalue weighted by atomic mass is 10.0. The normalized spacial score (nSPS) is 10.5. The third kappa shape index (κ3) is 2.21. The summed E-state index contributed by atoms with van der Waals surface area (Å²) in [5.41, 5.74) is 2.47. The highest BCUT2D eigenvalue weighted by Gasteiger charge is 2.07. The van der Waals surface area contributed by atoms with Gasteiger partial charge in [-0.1, -0.05) is 30.7 Å². The number of aromatic nitrogens is 2. The van der Waals surface area contributed by atoms with E-state index in [2.05, 4.69) is 23.0 Å². The monoisotopic (exact) mass is 220 g/mol. The first-order chi connectivity index (χ1) is 7.31. The average molecular weight is 221 g/mol. The fraction of sp³-hybridized carbons (Fsp3) is 0.250. The Kier molecular flexibility index (Phi) is 3.07. The van der Waals surface area contributed by atoms with Crippen molar-refractivity contribution in [3.63, 3.8) is 0 Å². The fourth-order valence-corrected chi connectivity index (χ4v) is 1.96. The van der Waals surface area contributed by atoms with Crippen LogP contribution in [0.4, 0.5) is 0 Å². The fourth-order valence-electron chi connectivity index (χ4n) is 1.69. The Labute approximate surface area is 94.3 Å². The van der Waals surface area contributed by atoms with Crippen LogP contribution in [-0.2, 0) is 12.8 Å². The Hall–Kier alpha value is -1.28. The van der Waals surface area contributed by atoms with Crippen molar-refractivity contribution in [2.45, 2.75) is 19.8 Å². The average Bonchev–Trinajstić information content (AvgIpc) is 2.74. The van der Waals surface area contributed by atoms with Gasteiger partial charge in [0.2, 0.25) is 0 Å². The van der Waals surface area contributed by atoms with Crippen molar-refractivity contribution >= 4 is 11.6 Å². The molecule has 0 aliphatic heterocycles. The summed E-state index contributed by atoms with van der Waals surface area (Å²) < 4.78 is 0. The number of rotatable bonds is 3. The molecule has 0 radical (unpaired) electrons. The van der Waals surface area contributed by atoms with E-state index >= 15 is 0 Å². The van der Waals surface area contributed by atoms with Crippen molar-refractivity contribution in [3.05, 3.63) is 52.6 Å². The Morgan fingerprint density at radius 2 is 2.27 bits per heavy atom. The molecule has 0 spiro atoms. The molecule has 0 aliphatic carbocycles. The zero-order valence-electron chi connectivity index (χ0n) is 8.63. The molecule has 1 aromatic carbocycles. The molecule has 2 nitrogen and oxygen atoms in total. The largest absolute Gasteiger partial charge is 0.348 e. The number of hydrogen-bond acceptors (Lipinski definition) is 1. The topological polar surface area (TPSA) is 28.7 Å². The number of aryl methyl sites for hydroxylation is 1. The second-order valence-corrected chi connectivity index (χ2v) is 3.85. The Balaban J connectivity index is 2.34. The summed E-state index contributed by atoms with van der Waals surface area (Å²) in [6, 6.07) is 6.04. The first kappa shape index (κ1) is 10.2. The summed E-state index contributed by atoms with van der Waals surface area (Å²) in [7, 11) is 0. The van der Waals surface area contributed by atoms with Crippen molar-refractivity contribution in [2.75, 3.05) is 0 Å². The van der Waals surface area contributed by atoms with Gasteiger partial charge in [0, 0.05) is 23.8 Å². The van der Waals surface area contributed by atoms with Crippen LogP contribution in [0.15, 0.2) is 30.6 Å². The predicted octanol–water partition coefficient (Wildman–Crippen LogP) is 3.22. The Morgan fingerprint density at radius 1 is 1.40 bits per heavy atom. The van der Waals surface area contributed by atoms with Crippen LogP contribution >= 0.6 is 11.6 Å². The number of benzene rings is 1. The van der Waals surface area contributed by atoms with Crippen molar-refractivity contribution in [1.29, 1.82) is 0 Å². The van der Waals surface area contributed by atoms with Crippen LogP contribution in [-0.4, -0.2) is 9.97 Å². The first-order valence-corrected chi connectivity index (χ1v) is 5.43. The lowest BCUT2D eigenvalue weighted by molar-refractivity contribution is 0.988. The van der Waals surface area contributed by atoms with E-state index in [0.717, 1.165) is 23.7 Å². The molecule has 0 fully saturated rings. The van der Waals surface area contributed by atoms with Crippen molar-refractivity contribution in [1.82, 2.24) is 9.97 Å². The van der Waals surface area contributed by atoms with Crippen LogP contribution in [0.2, 0.25) is 5.02 Å². The number of hydrogen-bond donors (Lipinski definition) is 1. The molecule has 15 heavy (non-hydrogen) atoms. The van der Waals surface area contributed by atoms with Gasteiger partial charge in [-0.15, -0.1) is 0 Å². The number of H-pyrrole nitrogens is 1. The second-order valence-electron chi connectivity index (χ2n) is 3.44. The molecular formula is C12H13ClN2. The number of halogens is 1. The maximum absolute atomic E-state index is 6.18. The standard InChI is InChI=1S/C12H13ClN2/c1-2-9-4-3-5-11(13)10(9)8-12-14-6-7-15-12/h3-7H,2,8H2,1H3,(H,14,15). The summed E-state index contributed by atoms with van der Waals surface area (Å²) in [6.07, 6.45) is 5.36. The Bertz CT molecular complexity index is 435. The van der Waals surface area contributed by atoms with E-state index in [-0.39, 0.29) is 0 Å². The maximum Gasteiger partial charge on any atom is 0.110 e. The molecule has 2 aromatic rings.